The van der Waals surface area contributed by atoms with Crippen molar-refractivity contribution in [1.29, 1.82) is 0 Å². The van der Waals surface area contributed by atoms with Gasteiger partial charge in [-0.15, -0.1) is 0 Å². The molecule has 9 heteroatoms. The lowest BCUT2D eigenvalue weighted by atomic mass is 10.2. The van der Waals surface area contributed by atoms with Gasteiger partial charge in [0.2, 0.25) is 0 Å². The van der Waals surface area contributed by atoms with E-state index in [1.54, 1.807) is 12.1 Å². The van der Waals surface area contributed by atoms with E-state index in [2.05, 4.69) is 9.88 Å². The molecule has 0 amide bonds. The molecule has 3 rings (SSSR count). The van der Waals surface area contributed by atoms with Gasteiger partial charge in [0.15, 0.2) is 0 Å². The van der Waals surface area contributed by atoms with Crippen LogP contribution in [0.1, 0.15) is 11.5 Å². The number of hydrogen-bond donors (Lipinski definition) is 1. The predicted octanol–water partition coefficient (Wildman–Crippen LogP) is 4.73. The van der Waals surface area contributed by atoms with Crippen LogP contribution in [0.5, 0.6) is 0 Å². The number of aromatic nitrogens is 1. The summed E-state index contributed by atoms with van der Waals surface area (Å²) in [6.07, 6.45) is 0. The first kappa shape index (κ1) is 19.5. The zero-order valence-electron chi connectivity index (χ0n) is 14.6. The highest BCUT2D eigenvalue weighted by Crippen LogP contribution is 2.27. The quantitative estimate of drug-likeness (QED) is 0.617. The minimum absolute atomic E-state index is 0.0313. The Morgan fingerprint density at radius 3 is 2.41 bits per heavy atom. The molecular weight excluding hydrogens is 409 g/mol. The van der Waals surface area contributed by atoms with E-state index >= 15 is 0 Å². The topological polar surface area (TPSA) is 75.4 Å². The van der Waals surface area contributed by atoms with Crippen LogP contribution in [-0.2, 0) is 16.6 Å². The Labute approximate surface area is 167 Å². The van der Waals surface area contributed by atoms with Gasteiger partial charge >= 0.3 is 0 Å². The van der Waals surface area contributed by atoms with E-state index < -0.39 is 10.0 Å². The van der Waals surface area contributed by atoms with Crippen molar-refractivity contribution < 1.29 is 12.9 Å². The molecular formula is C18H17Cl2N3O3S. The Morgan fingerprint density at radius 2 is 1.81 bits per heavy atom. The molecule has 0 aliphatic heterocycles. The maximum absolute atomic E-state index is 12.5. The summed E-state index contributed by atoms with van der Waals surface area (Å²) < 4.78 is 32.6. The minimum atomic E-state index is -3.82. The zero-order valence-corrected chi connectivity index (χ0v) is 16.9. The van der Waals surface area contributed by atoms with E-state index in [0.717, 1.165) is 17.1 Å². The van der Waals surface area contributed by atoms with E-state index in [0.29, 0.717) is 17.3 Å². The molecule has 1 aromatic heterocycles. The average molecular weight is 426 g/mol. The lowest BCUT2D eigenvalue weighted by molar-refractivity contribution is 0.390. The summed E-state index contributed by atoms with van der Waals surface area (Å²) in [4.78, 5) is 1.95. The largest absolute Gasteiger partial charge is 0.369 e. The minimum Gasteiger partial charge on any atom is -0.369 e. The van der Waals surface area contributed by atoms with Crippen LogP contribution >= 0.6 is 23.2 Å². The van der Waals surface area contributed by atoms with Crippen molar-refractivity contribution in [3.63, 3.8) is 0 Å². The lowest BCUT2D eigenvalue weighted by Gasteiger charge is -2.18. The normalized spacial score (nSPS) is 11.4. The van der Waals surface area contributed by atoms with E-state index in [4.69, 9.17) is 27.7 Å². The van der Waals surface area contributed by atoms with Gasteiger partial charge in [-0.3, -0.25) is 4.72 Å². The molecule has 1 heterocycles. The van der Waals surface area contributed by atoms with E-state index in [-0.39, 0.29) is 9.92 Å². The third-order valence-corrected chi connectivity index (χ3v) is 5.92. The number of hydrogen-bond acceptors (Lipinski definition) is 5. The molecule has 0 bridgehead atoms. The molecule has 142 valence electrons. The molecule has 6 nitrogen and oxygen atoms in total. The predicted molar refractivity (Wildman–Crippen MR) is 107 cm³/mol. The van der Waals surface area contributed by atoms with Crippen LogP contribution in [0.4, 0.5) is 11.4 Å². The maximum Gasteiger partial charge on any atom is 0.263 e. The van der Waals surface area contributed by atoms with Crippen molar-refractivity contribution in [1.82, 2.24) is 5.16 Å². The second-order valence-corrected chi connectivity index (χ2v) is 8.51. The SMILES string of the molecule is Cc1cc(CN(C)c2ccc(NS(=O)(=O)c3ccc(Cl)cc3Cl)cc2)no1. The fourth-order valence-corrected chi connectivity index (χ4v) is 4.35. The molecule has 1 N–H and O–H groups in total. The van der Waals surface area contributed by atoms with Crippen LogP contribution < -0.4 is 9.62 Å². The van der Waals surface area contributed by atoms with Gasteiger partial charge in [-0.1, -0.05) is 28.4 Å². The van der Waals surface area contributed by atoms with Gasteiger partial charge in [0.05, 0.1) is 11.6 Å². The molecule has 27 heavy (non-hydrogen) atoms. The Morgan fingerprint density at radius 1 is 1.11 bits per heavy atom. The Hall–Kier alpha value is -2.22. The molecule has 0 aliphatic carbocycles. The van der Waals surface area contributed by atoms with Gasteiger partial charge in [0.1, 0.15) is 16.3 Å². The van der Waals surface area contributed by atoms with Gasteiger partial charge in [-0.2, -0.15) is 0 Å². The number of halogens is 2. The number of sulfonamides is 1. The number of nitrogens with zero attached hydrogens (tertiary/aromatic N) is 2. The van der Waals surface area contributed by atoms with Crippen molar-refractivity contribution in [3.05, 3.63) is 70.0 Å². The molecule has 0 saturated carbocycles. The van der Waals surface area contributed by atoms with Crippen molar-refractivity contribution in [2.75, 3.05) is 16.7 Å². The Balaban J connectivity index is 1.73. The van der Waals surface area contributed by atoms with Gasteiger partial charge in [-0.25, -0.2) is 8.42 Å². The number of nitrogens with one attached hydrogen (secondary N) is 1. The van der Waals surface area contributed by atoms with Crippen LogP contribution in [0.25, 0.3) is 0 Å². The Bertz CT molecular complexity index is 1050. The maximum atomic E-state index is 12.5. The second-order valence-electron chi connectivity index (χ2n) is 6.01. The van der Waals surface area contributed by atoms with Crippen molar-refractivity contribution in [3.8, 4) is 0 Å². The second kappa shape index (κ2) is 7.80. The van der Waals surface area contributed by atoms with Crippen LogP contribution in [0, 0.1) is 6.92 Å². The van der Waals surface area contributed by atoms with Crippen LogP contribution in [-0.4, -0.2) is 20.6 Å². The monoisotopic (exact) mass is 425 g/mol. The summed E-state index contributed by atoms with van der Waals surface area (Å²) in [5.41, 5.74) is 2.15. The van der Waals surface area contributed by atoms with Gasteiger partial charge in [0, 0.05) is 29.5 Å². The first-order chi connectivity index (χ1) is 12.7. The molecule has 2 aromatic carbocycles. The molecule has 0 saturated heterocycles. The third-order valence-electron chi connectivity index (χ3n) is 3.82. The molecule has 0 fully saturated rings. The van der Waals surface area contributed by atoms with Gasteiger partial charge in [0.25, 0.3) is 10.0 Å². The smallest absolute Gasteiger partial charge is 0.263 e. The summed E-state index contributed by atoms with van der Waals surface area (Å²) in [6.45, 7) is 2.41. The molecule has 0 spiro atoms. The highest BCUT2D eigenvalue weighted by atomic mass is 35.5. The number of anilines is 2. The summed E-state index contributed by atoms with van der Waals surface area (Å²) in [6, 6.07) is 13.1. The van der Waals surface area contributed by atoms with Gasteiger partial charge in [-0.05, 0) is 49.4 Å². The molecule has 0 unspecified atom stereocenters. The summed E-state index contributed by atoms with van der Waals surface area (Å²) in [5, 5.41) is 4.40. The highest BCUT2D eigenvalue weighted by molar-refractivity contribution is 7.92. The molecule has 0 radical (unpaired) electrons. The van der Waals surface area contributed by atoms with Gasteiger partial charge < -0.3 is 9.42 Å². The summed E-state index contributed by atoms with van der Waals surface area (Å²) in [7, 11) is -1.90. The van der Waals surface area contributed by atoms with Crippen molar-refractivity contribution >= 4 is 44.6 Å². The highest BCUT2D eigenvalue weighted by Gasteiger charge is 2.18. The van der Waals surface area contributed by atoms with Crippen molar-refractivity contribution in [2.24, 2.45) is 0 Å². The van der Waals surface area contributed by atoms with E-state index in [1.165, 1.54) is 18.2 Å². The third kappa shape index (κ3) is 4.74. The van der Waals surface area contributed by atoms with Crippen LogP contribution in [0.15, 0.2) is 57.9 Å². The summed E-state index contributed by atoms with van der Waals surface area (Å²) in [5.74, 6) is 0.754. The first-order valence-corrected chi connectivity index (χ1v) is 10.2. The zero-order chi connectivity index (χ0) is 19.6. The first-order valence-electron chi connectivity index (χ1n) is 7.96. The Kier molecular flexibility index (Phi) is 5.64. The number of aryl methyl sites for hydroxylation is 1. The standard InChI is InChI=1S/C18H17Cl2N3O3S/c1-12-9-15(21-26-12)11-23(2)16-6-4-14(5-7-16)22-27(24,25)18-8-3-13(19)10-17(18)20/h3-10,22H,11H2,1-2H3. The van der Waals surface area contributed by atoms with Crippen molar-refractivity contribution in [2.45, 2.75) is 18.4 Å². The van der Waals surface area contributed by atoms with E-state index in [9.17, 15) is 8.42 Å². The lowest BCUT2D eigenvalue weighted by Crippen LogP contribution is -2.17. The number of benzene rings is 2. The van der Waals surface area contributed by atoms with Crippen LogP contribution in [0.2, 0.25) is 10.0 Å². The molecule has 3 aromatic rings. The average Bonchev–Trinajstić information content (AvgIpc) is 2.99. The summed E-state index contributed by atoms with van der Waals surface area (Å²) >= 11 is 11.8. The molecule has 0 aliphatic rings. The van der Waals surface area contributed by atoms with Crippen LogP contribution in [0.3, 0.4) is 0 Å². The molecule has 0 atom stereocenters. The number of rotatable bonds is 6. The van der Waals surface area contributed by atoms with E-state index in [1.807, 2.05) is 37.1 Å². The fraction of sp³-hybridized carbons (Fsp3) is 0.167. The fourth-order valence-electron chi connectivity index (χ4n) is 2.51.